The second-order valence-electron chi connectivity index (χ2n) is 4.38. The van der Waals surface area contributed by atoms with Gasteiger partial charge in [0.05, 0.1) is 5.56 Å². The zero-order chi connectivity index (χ0) is 14.2. The van der Waals surface area contributed by atoms with E-state index in [0.29, 0.717) is 5.56 Å². The Morgan fingerprint density at radius 2 is 1.63 bits per heavy atom. The molecule has 0 radical (unpaired) electrons. The van der Waals surface area contributed by atoms with Crippen LogP contribution in [0.3, 0.4) is 0 Å². The third-order valence-corrected chi connectivity index (χ3v) is 4.12. The van der Waals surface area contributed by atoms with Crippen molar-refractivity contribution >= 4 is 21.7 Å². The Morgan fingerprint density at radius 3 is 2.21 bits per heavy atom. The van der Waals surface area contributed by atoms with Crippen molar-refractivity contribution in [3.63, 3.8) is 0 Å². The number of carbonyl (C=O) groups excluding carboxylic acids is 1. The van der Waals surface area contributed by atoms with E-state index in [1.807, 2.05) is 13.8 Å². The molecule has 0 aromatic heterocycles. The molecule has 0 atom stereocenters. The summed E-state index contributed by atoms with van der Waals surface area (Å²) in [4.78, 5) is 12.2. The molecule has 0 spiro atoms. The van der Waals surface area contributed by atoms with Crippen LogP contribution >= 0.6 is 15.9 Å². The van der Waals surface area contributed by atoms with Crippen molar-refractivity contribution in [2.24, 2.45) is 0 Å². The first-order chi connectivity index (χ1) is 8.90. The number of ketones is 1. The van der Waals surface area contributed by atoms with Crippen LogP contribution in [0.1, 0.15) is 27.0 Å². The Bertz CT molecular complexity index is 642. The van der Waals surface area contributed by atoms with Crippen molar-refractivity contribution < 1.29 is 13.6 Å². The molecule has 0 aliphatic rings. The summed E-state index contributed by atoms with van der Waals surface area (Å²) < 4.78 is 27.6. The molecule has 1 nitrogen and oxygen atoms in total. The minimum absolute atomic E-state index is 0.249. The summed E-state index contributed by atoms with van der Waals surface area (Å²) in [6.45, 7) is 3.69. The van der Waals surface area contributed by atoms with Crippen LogP contribution in [0.15, 0.2) is 34.8 Å². The number of hydrogen-bond acceptors (Lipinski definition) is 1. The summed E-state index contributed by atoms with van der Waals surface area (Å²) in [6, 6.07) is 6.18. The minimum atomic E-state index is -0.718. The van der Waals surface area contributed by atoms with Crippen LogP contribution in [0.5, 0.6) is 0 Å². The normalized spacial score (nSPS) is 10.6. The van der Waals surface area contributed by atoms with E-state index in [9.17, 15) is 13.6 Å². The van der Waals surface area contributed by atoms with Gasteiger partial charge in [0.2, 0.25) is 0 Å². The Kier molecular flexibility index (Phi) is 3.80. The van der Waals surface area contributed by atoms with Gasteiger partial charge in [-0.05, 0) is 55.3 Å². The molecule has 0 saturated heterocycles. The highest BCUT2D eigenvalue weighted by Gasteiger charge is 2.16. The molecule has 0 fully saturated rings. The van der Waals surface area contributed by atoms with Gasteiger partial charge in [-0.1, -0.05) is 15.9 Å². The van der Waals surface area contributed by atoms with Crippen LogP contribution in [0.2, 0.25) is 0 Å². The molecule has 0 amide bonds. The lowest BCUT2D eigenvalue weighted by atomic mass is 9.99. The molecule has 0 bridgehead atoms. The van der Waals surface area contributed by atoms with Crippen LogP contribution in [0, 0.1) is 25.5 Å². The SMILES string of the molecule is Cc1cc(C(=O)c2cc(F)ccc2F)cc(C)c1Br. The lowest BCUT2D eigenvalue weighted by molar-refractivity contribution is 0.103. The summed E-state index contributed by atoms with van der Waals surface area (Å²) in [7, 11) is 0. The number of hydrogen-bond donors (Lipinski definition) is 0. The zero-order valence-electron chi connectivity index (χ0n) is 10.4. The van der Waals surface area contributed by atoms with Gasteiger partial charge in [0.1, 0.15) is 11.6 Å². The van der Waals surface area contributed by atoms with Crippen LogP contribution in [-0.2, 0) is 0 Å². The van der Waals surface area contributed by atoms with Gasteiger partial charge in [-0.2, -0.15) is 0 Å². The molecule has 0 aliphatic heterocycles. The maximum atomic E-state index is 13.6. The standard InChI is InChI=1S/C15H11BrF2O/c1-8-5-10(6-9(2)14(8)16)15(19)12-7-11(17)3-4-13(12)18/h3-7H,1-2H3. The maximum absolute atomic E-state index is 13.6. The Morgan fingerprint density at radius 1 is 1.05 bits per heavy atom. The molecule has 4 heteroatoms. The van der Waals surface area contributed by atoms with E-state index in [1.165, 1.54) is 0 Å². The van der Waals surface area contributed by atoms with Gasteiger partial charge in [-0.25, -0.2) is 8.78 Å². The van der Waals surface area contributed by atoms with Crippen LogP contribution in [-0.4, -0.2) is 5.78 Å². The molecule has 19 heavy (non-hydrogen) atoms. The first-order valence-electron chi connectivity index (χ1n) is 5.66. The quantitative estimate of drug-likeness (QED) is 0.739. The molecule has 0 heterocycles. The van der Waals surface area contributed by atoms with Crippen molar-refractivity contribution in [3.8, 4) is 0 Å². The Labute approximate surface area is 118 Å². The molecule has 2 aromatic rings. The molecule has 2 aromatic carbocycles. The van der Waals surface area contributed by atoms with Gasteiger partial charge in [0.15, 0.2) is 5.78 Å². The summed E-state index contributed by atoms with van der Waals surface area (Å²) >= 11 is 3.40. The number of carbonyl (C=O) groups is 1. The van der Waals surface area contributed by atoms with Gasteiger partial charge in [-0.3, -0.25) is 4.79 Å². The lowest BCUT2D eigenvalue weighted by Gasteiger charge is -2.08. The van der Waals surface area contributed by atoms with Crippen molar-refractivity contribution in [2.75, 3.05) is 0 Å². The maximum Gasteiger partial charge on any atom is 0.196 e. The van der Waals surface area contributed by atoms with Gasteiger partial charge in [0.25, 0.3) is 0 Å². The van der Waals surface area contributed by atoms with Gasteiger partial charge >= 0.3 is 0 Å². The first-order valence-corrected chi connectivity index (χ1v) is 6.46. The third-order valence-electron chi connectivity index (χ3n) is 2.87. The minimum Gasteiger partial charge on any atom is -0.288 e. The molecule has 98 valence electrons. The van der Waals surface area contributed by atoms with Crippen molar-refractivity contribution in [2.45, 2.75) is 13.8 Å². The number of benzene rings is 2. The average molecular weight is 325 g/mol. The van der Waals surface area contributed by atoms with E-state index < -0.39 is 17.4 Å². The molecular formula is C15H11BrF2O. The largest absolute Gasteiger partial charge is 0.288 e. The fourth-order valence-corrected chi connectivity index (χ4v) is 2.13. The Balaban J connectivity index is 2.53. The third kappa shape index (κ3) is 2.73. The van der Waals surface area contributed by atoms with Crippen molar-refractivity contribution in [3.05, 3.63) is 68.7 Å². The lowest BCUT2D eigenvalue weighted by Crippen LogP contribution is -2.06. The van der Waals surface area contributed by atoms with Crippen LogP contribution < -0.4 is 0 Å². The summed E-state index contributed by atoms with van der Waals surface area (Å²) in [5.74, 6) is -1.87. The van der Waals surface area contributed by atoms with E-state index >= 15 is 0 Å². The van der Waals surface area contributed by atoms with Gasteiger partial charge < -0.3 is 0 Å². The van der Waals surface area contributed by atoms with Gasteiger partial charge in [-0.15, -0.1) is 0 Å². The van der Waals surface area contributed by atoms with Gasteiger partial charge in [0, 0.05) is 10.0 Å². The summed E-state index contributed by atoms with van der Waals surface area (Å²) in [5.41, 5.74) is 1.85. The second kappa shape index (κ2) is 5.21. The highest BCUT2D eigenvalue weighted by atomic mass is 79.9. The summed E-state index contributed by atoms with van der Waals surface area (Å²) in [6.07, 6.45) is 0. The van der Waals surface area contributed by atoms with E-state index in [4.69, 9.17) is 0 Å². The molecule has 0 unspecified atom stereocenters. The van der Waals surface area contributed by atoms with Crippen molar-refractivity contribution in [1.82, 2.24) is 0 Å². The predicted octanol–water partition coefficient (Wildman–Crippen LogP) is 4.58. The smallest absolute Gasteiger partial charge is 0.196 e. The zero-order valence-corrected chi connectivity index (χ0v) is 12.0. The molecule has 0 aliphatic carbocycles. The number of halogens is 3. The van der Waals surface area contributed by atoms with E-state index in [-0.39, 0.29) is 5.56 Å². The van der Waals surface area contributed by atoms with E-state index in [1.54, 1.807) is 12.1 Å². The second-order valence-corrected chi connectivity index (χ2v) is 5.17. The first kappa shape index (κ1) is 13.9. The molecule has 0 saturated carbocycles. The fraction of sp³-hybridized carbons (Fsp3) is 0.133. The fourth-order valence-electron chi connectivity index (χ4n) is 1.90. The van der Waals surface area contributed by atoms with Crippen LogP contribution in [0.25, 0.3) is 0 Å². The predicted molar refractivity (Wildman–Crippen MR) is 73.4 cm³/mol. The van der Waals surface area contributed by atoms with Crippen molar-refractivity contribution in [1.29, 1.82) is 0 Å². The van der Waals surface area contributed by atoms with E-state index in [0.717, 1.165) is 33.8 Å². The average Bonchev–Trinajstić information content (AvgIpc) is 2.37. The highest BCUT2D eigenvalue weighted by Crippen LogP contribution is 2.24. The number of aryl methyl sites for hydroxylation is 2. The summed E-state index contributed by atoms with van der Waals surface area (Å²) in [5, 5.41) is 0. The number of rotatable bonds is 2. The Hall–Kier alpha value is -1.55. The molecular weight excluding hydrogens is 314 g/mol. The highest BCUT2D eigenvalue weighted by molar-refractivity contribution is 9.10. The van der Waals surface area contributed by atoms with E-state index in [2.05, 4.69) is 15.9 Å². The monoisotopic (exact) mass is 324 g/mol. The molecule has 2 rings (SSSR count). The topological polar surface area (TPSA) is 17.1 Å². The molecule has 0 N–H and O–H groups in total. The van der Waals surface area contributed by atoms with Crippen LogP contribution in [0.4, 0.5) is 8.78 Å².